The Morgan fingerprint density at radius 2 is 1.77 bits per heavy atom. The first-order chi connectivity index (χ1) is 9.58. The molecule has 6 heteroatoms. The van der Waals surface area contributed by atoms with E-state index in [1.807, 2.05) is 35.2 Å². The van der Waals surface area contributed by atoms with Crippen molar-refractivity contribution in [3.63, 3.8) is 0 Å². The average molecular weight is 348 g/mol. The number of halogens is 2. The summed E-state index contributed by atoms with van der Waals surface area (Å²) >= 11 is 0. The summed E-state index contributed by atoms with van der Waals surface area (Å²) in [6.07, 6.45) is 2.51. The van der Waals surface area contributed by atoms with Crippen LogP contribution in [0.25, 0.3) is 0 Å². The van der Waals surface area contributed by atoms with Crippen molar-refractivity contribution >= 4 is 30.7 Å². The molecule has 1 aliphatic heterocycles. The fraction of sp³-hybridized carbons (Fsp3) is 0.562. The highest BCUT2D eigenvalue weighted by Gasteiger charge is 2.24. The molecule has 1 aromatic rings. The first-order valence-electron chi connectivity index (χ1n) is 7.32. The first kappa shape index (κ1) is 21.2. The maximum absolute atomic E-state index is 12.3. The summed E-state index contributed by atoms with van der Waals surface area (Å²) in [5.74, 6) is 0.179. The summed E-state index contributed by atoms with van der Waals surface area (Å²) < 4.78 is 0. The number of carbonyl (C=O) groups is 1. The molecule has 126 valence electrons. The number of benzene rings is 1. The van der Waals surface area contributed by atoms with Gasteiger partial charge in [0, 0.05) is 31.6 Å². The van der Waals surface area contributed by atoms with Gasteiger partial charge in [-0.15, -0.1) is 24.8 Å². The minimum Gasteiger partial charge on any atom is -0.343 e. The summed E-state index contributed by atoms with van der Waals surface area (Å²) in [6.45, 7) is 1.70. The maximum Gasteiger partial charge on any atom is 0.224 e. The zero-order valence-electron chi connectivity index (χ0n) is 13.3. The fourth-order valence-corrected chi connectivity index (χ4v) is 2.77. The Labute approximate surface area is 145 Å². The summed E-state index contributed by atoms with van der Waals surface area (Å²) in [6, 6.07) is 10.2. The molecule has 1 saturated heterocycles. The lowest BCUT2D eigenvalue weighted by Gasteiger charge is -2.35. The van der Waals surface area contributed by atoms with Crippen molar-refractivity contribution < 1.29 is 4.79 Å². The van der Waals surface area contributed by atoms with E-state index in [1.54, 1.807) is 0 Å². The molecule has 0 radical (unpaired) electrons. The molecule has 0 bridgehead atoms. The molecule has 2 rings (SSSR count). The number of likely N-dealkylation sites (tertiary alicyclic amines) is 1. The molecular formula is C16H27Cl2N3O. The van der Waals surface area contributed by atoms with Crippen LogP contribution in [-0.2, 0) is 4.79 Å². The number of hydrogen-bond donors (Lipinski definition) is 1. The van der Waals surface area contributed by atoms with Gasteiger partial charge in [0.2, 0.25) is 5.91 Å². The molecule has 1 unspecified atom stereocenters. The second kappa shape index (κ2) is 10.1. The van der Waals surface area contributed by atoms with Crippen LogP contribution < -0.4 is 5.73 Å². The van der Waals surface area contributed by atoms with Gasteiger partial charge in [0.1, 0.15) is 0 Å². The van der Waals surface area contributed by atoms with Crippen LogP contribution in [0.2, 0.25) is 0 Å². The van der Waals surface area contributed by atoms with Crippen molar-refractivity contribution in [2.45, 2.75) is 31.3 Å². The van der Waals surface area contributed by atoms with E-state index in [1.165, 1.54) is 0 Å². The standard InChI is InChI=1S/C16H25N3O.2ClH/c1-18(2)14-8-10-19(11-9-14)16(20)12-15(17)13-6-4-3-5-7-13;;/h3-7,14-15H,8-12,17H2,1-2H3;2*1H. The van der Waals surface area contributed by atoms with Gasteiger partial charge in [-0.3, -0.25) is 4.79 Å². The minimum absolute atomic E-state index is 0. The van der Waals surface area contributed by atoms with Gasteiger partial charge < -0.3 is 15.5 Å². The van der Waals surface area contributed by atoms with Gasteiger partial charge in [-0.05, 0) is 32.5 Å². The van der Waals surface area contributed by atoms with Gasteiger partial charge in [-0.1, -0.05) is 30.3 Å². The fourth-order valence-electron chi connectivity index (χ4n) is 2.77. The van der Waals surface area contributed by atoms with Crippen molar-refractivity contribution in [2.24, 2.45) is 5.73 Å². The third kappa shape index (κ3) is 5.76. The summed E-state index contributed by atoms with van der Waals surface area (Å²) in [4.78, 5) is 16.5. The van der Waals surface area contributed by atoms with Gasteiger partial charge in [0.05, 0.1) is 0 Å². The predicted molar refractivity (Wildman–Crippen MR) is 95.8 cm³/mol. The Balaban J connectivity index is 0.00000220. The number of nitrogens with two attached hydrogens (primary N) is 1. The van der Waals surface area contributed by atoms with Crippen molar-refractivity contribution in [1.29, 1.82) is 0 Å². The monoisotopic (exact) mass is 347 g/mol. The number of piperidine rings is 1. The second-order valence-corrected chi connectivity index (χ2v) is 5.80. The van der Waals surface area contributed by atoms with Crippen molar-refractivity contribution in [3.05, 3.63) is 35.9 Å². The third-order valence-corrected chi connectivity index (χ3v) is 4.17. The van der Waals surface area contributed by atoms with E-state index >= 15 is 0 Å². The zero-order chi connectivity index (χ0) is 14.5. The van der Waals surface area contributed by atoms with Gasteiger partial charge >= 0.3 is 0 Å². The largest absolute Gasteiger partial charge is 0.343 e. The Bertz CT molecular complexity index is 434. The minimum atomic E-state index is -0.199. The van der Waals surface area contributed by atoms with Crippen LogP contribution in [0.5, 0.6) is 0 Å². The lowest BCUT2D eigenvalue weighted by Crippen LogP contribution is -2.45. The Morgan fingerprint density at radius 3 is 2.27 bits per heavy atom. The third-order valence-electron chi connectivity index (χ3n) is 4.17. The molecule has 0 aliphatic carbocycles. The molecule has 1 aromatic carbocycles. The average Bonchev–Trinajstić information content (AvgIpc) is 2.48. The summed E-state index contributed by atoms with van der Waals surface area (Å²) in [5, 5.41) is 0. The molecule has 4 nitrogen and oxygen atoms in total. The highest BCUT2D eigenvalue weighted by molar-refractivity contribution is 5.85. The van der Waals surface area contributed by atoms with Crippen LogP contribution in [0.1, 0.15) is 30.9 Å². The highest BCUT2D eigenvalue weighted by atomic mass is 35.5. The lowest BCUT2D eigenvalue weighted by atomic mass is 10.0. The zero-order valence-corrected chi connectivity index (χ0v) is 14.9. The van der Waals surface area contributed by atoms with E-state index in [2.05, 4.69) is 19.0 Å². The molecular weight excluding hydrogens is 321 g/mol. The van der Waals surface area contributed by atoms with Crippen LogP contribution in [0.3, 0.4) is 0 Å². The molecule has 1 amide bonds. The molecule has 22 heavy (non-hydrogen) atoms. The molecule has 0 saturated carbocycles. The second-order valence-electron chi connectivity index (χ2n) is 5.80. The van der Waals surface area contributed by atoms with Gasteiger partial charge in [0.25, 0.3) is 0 Å². The van der Waals surface area contributed by atoms with Gasteiger partial charge in [-0.2, -0.15) is 0 Å². The van der Waals surface area contributed by atoms with Gasteiger partial charge in [0.15, 0.2) is 0 Å². The van der Waals surface area contributed by atoms with Crippen molar-refractivity contribution in [1.82, 2.24) is 9.80 Å². The molecule has 1 fully saturated rings. The predicted octanol–water partition coefficient (Wildman–Crippen LogP) is 2.47. The molecule has 1 atom stereocenters. The van der Waals surface area contributed by atoms with E-state index in [0.717, 1.165) is 31.5 Å². The summed E-state index contributed by atoms with van der Waals surface area (Å²) in [7, 11) is 4.21. The Hall–Kier alpha value is -0.810. The number of amides is 1. The quantitative estimate of drug-likeness (QED) is 0.909. The number of hydrogen-bond acceptors (Lipinski definition) is 3. The molecule has 0 spiro atoms. The van der Waals surface area contributed by atoms with Crippen LogP contribution in [0, 0.1) is 0 Å². The van der Waals surface area contributed by atoms with E-state index in [4.69, 9.17) is 5.73 Å². The smallest absolute Gasteiger partial charge is 0.224 e. The molecule has 1 aliphatic rings. The van der Waals surface area contributed by atoms with E-state index in [9.17, 15) is 4.79 Å². The highest BCUT2D eigenvalue weighted by Crippen LogP contribution is 2.18. The number of carbonyl (C=O) groups excluding carboxylic acids is 1. The maximum atomic E-state index is 12.3. The van der Waals surface area contributed by atoms with E-state index in [0.29, 0.717) is 12.5 Å². The lowest BCUT2D eigenvalue weighted by molar-refractivity contribution is -0.133. The van der Waals surface area contributed by atoms with E-state index in [-0.39, 0.29) is 36.8 Å². The summed E-state index contributed by atoms with van der Waals surface area (Å²) in [5.41, 5.74) is 7.15. The molecule has 2 N–H and O–H groups in total. The van der Waals surface area contributed by atoms with E-state index < -0.39 is 0 Å². The molecule has 1 heterocycles. The van der Waals surface area contributed by atoms with Crippen LogP contribution in [-0.4, -0.2) is 48.9 Å². The number of rotatable bonds is 4. The van der Waals surface area contributed by atoms with Crippen LogP contribution in [0.4, 0.5) is 0 Å². The van der Waals surface area contributed by atoms with Crippen LogP contribution >= 0.6 is 24.8 Å². The van der Waals surface area contributed by atoms with Crippen molar-refractivity contribution in [3.8, 4) is 0 Å². The Kier molecular flexibility index (Phi) is 9.69. The SMILES string of the molecule is CN(C)C1CCN(C(=O)CC(N)c2ccccc2)CC1.Cl.Cl. The van der Waals surface area contributed by atoms with Crippen LogP contribution in [0.15, 0.2) is 30.3 Å². The van der Waals surface area contributed by atoms with Crippen molar-refractivity contribution in [2.75, 3.05) is 27.2 Å². The topological polar surface area (TPSA) is 49.6 Å². The normalized spacial score (nSPS) is 16.6. The Morgan fingerprint density at radius 1 is 1.23 bits per heavy atom. The van der Waals surface area contributed by atoms with Gasteiger partial charge in [-0.25, -0.2) is 0 Å². The molecule has 0 aromatic heterocycles. The number of nitrogens with zero attached hydrogens (tertiary/aromatic N) is 2. The first-order valence-corrected chi connectivity index (χ1v) is 7.32.